The fourth-order valence-corrected chi connectivity index (χ4v) is 1.01. The molecule has 1 aromatic carbocycles. The average Bonchev–Trinajstić information content (AvgIpc) is 2.09. The van der Waals surface area contributed by atoms with Gasteiger partial charge in [0.25, 0.3) is 0 Å². The van der Waals surface area contributed by atoms with Gasteiger partial charge in [-0.3, -0.25) is 0 Å². The summed E-state index contributed by atoms with van der Waals surface area (Å²) in [4.78, 5) is 0. The molecule has 0 spiro atoms. The van der Waals surface area contributed by atoms with Crippen LogP contribution in [0.15, 0.2) is 23.3 Å². The molecule has 6 N–H and O–H groups in total. The van der Waals surface area contributed by atoms with E-state index in [1.165, 1.54) is 5.12 Å². The van der Waals surface area contributed by atoms with Gasteiger partial charge in [-0.1, -0.05) is 6.07 Å². The van der Waals surface area contributed by atoms with Crippen LogP contribution in [0.5, 0.6) is 0 Å². The van der Waals surface area contributed by atoms with Crippen molar-refractivity contribution in [2.75, 3.05) is 10.9 Å². The summed E-state index contributed by atoms with van der Waals surface area (Å²) in [5.74, 6) is 5.58. The fraction of sp³-hybridized carbons (Fsp3) is 0.125. The van der Waals surface area contributed by atoms with Gasteiger partial charge in [0, 0.05) is 5.69 Å². The van der Waals surface area contributed by atoms with Crippen LogP contribution in [0.25, 0.3) is 0 Å². The molecule has 0 radical (unpaired) electrons. The number of anilines is 2. The van der Waals surface area contributed by atoms with E-state index in [0.29, 0.717) is 5.69 Å². The largest absolute Gasteiger partial charge is 0.399 e. The van der Waals surface area contributed by atoms with E-state index in [1.54, 1.807) is 12.1 Å². The van der Waals surface area contributed by atoms with E-state index in [9.17, 15) is 0 Å². The second-order valence-corrected chi connectivity index (χ2v) is 2.66. The Hall–Kier alpha value is -1.75. The van der Waals surface area contributed by atoms with Gasteiger partial charge in [0.15, 0.2) is 0 Å². The second-order valence-electron chi connectivity index (χ2n) is 2.66. The zero-order valence-corrected chi connectivity index (χ0v) is 7.44. The Morgan fingerprint density at radius 1 is 1.46 bits per heavy atom. The van der Waals surface area contributed by atoms with Gasteiger partial charge in [0.05, 0.1) is 5.69 Å². The number of nitrogen functional groups attached to an aromatic ring is 1. The Bertz CT molecular complexity index is 320. The van der Waals surface area contributed by atoms with Crippen molar-refractivity contribution in [1.29, 1.82) is 0 Å². The Kier molecular flexibility index (Phi) is 2.71. The van der Waals surface area contributed by atoms with Gasteiger partial charge >= 0.3 is 0 Å². The monoisotopic (exact) mass is 179 g/mol. The van der Waals surface area contributed by atoms with Gasteiger partial charge in [0.2, 0.25) is 0 Å². The van der Waals surface area contributed by atoms with E-state index in [2.05, 4.69) is 5.10 Å². The maximum Gasteiger partial charge on any atom is 0.108 e. The number of hydrogen-bond donors (Lipinski definition) is 3. The molecule has 1 rings (SSSR count). The lowest BCUT2D eigenvalue weighted by Gasteiger charge is -2.14. The van der Waals surface area contributed by atoms with Crippen LogP contribution in [0, 0.1) is 6.92 Å². The summed E-state index contributed by atoms with van der Waals surface area (Å²) in [5.41, 5.74) is 13.1. The van der Waals surface area contributed by atoms with Crippen LogP contribution in [-0.2, 0) is 0 Å². The van der Waals surface area contributed by atoms with Crippen LogP contribution in [0.1, 0.15) is 5.56 Å². The summed E-state index contributed by atoms with van der Waals surface area (Å²) in [7, 11) is 0. The summed E-state index contributed by atoms with van der Waals surface area (Å²) in [5, 5.41) is 4.89. The van der Waals surface area contributed by atoms with Crippen molar-refractivity contribution in [1.82, 2.24) is 0 Å². The summed E-state index contributed by atoms with van der Waals surface area (Å²) in [6.07, 6.45) is 1.13. The maximum atomic E-state index is 5.60. The quantitative estimate of drug-likeness (QED) is 0.198. The summed E-state index contributed by atoms with van der Waals surface area (Å²) in [6, 6.07) is 5.41. The molecule has 70 valence electrons. The van der Waals surface area contributed by atoms with E-state index < -0.39 is 0 Å². The third-order valence-corrected chi connectivity index (χ3v) is 1.67. The van der Waals surface area contributed by atoms with Gasteiger partial charge in [-0.25, -0.2) is 5.84 Å². The Labute approximate surface area is 76.8 Å². The zero-order valence-electron chi connectivity index (χ0n) is 7.44. The lowest BCUT2D eigenvalue weighted by atomic mass is 10.2. The smallest absolute Gasteiger partial charge is 0.108 e. The lowest BCUT2D eigenvalue weighted by Crippen LogP contribution is -2.26. The molecule has 0 aromatic heterocycles. The van der Waals surface area contributed by atoms with Gasteiger partial charge in [-0.2, -0.15) is 5.12 Å². The van der Waals surface area contributed by atoms with Crippen LogP contribution in [0.2, 0.25) is 0 Å². The number of aryl methyl sites for hydroxylation is 1. The molecule has 5 heteroatoms. The molecular formula is C8H13N5. The first-order chi connectivity index (χ1) is 6.15. The third kappa shape index (κ3) is 2.09. The average molecular weight is 179 g/mol. The lowest BCUT2D eigenvalue weighted by molar-refractivity contribution is 0.922. The Morgan fingerprint density at radius 2 is 2.15 bits per heavy atom. The molecule has 0 unspecified atom stereocenters. The van der Waals surface area contributed by atoms with Crippen molar-refractivity contribution >= 4 is 17.7 Å². The molecule has 0 saturated heterocycles. The highest BCUT2D eigenvalue weighted by atomic mass is 15.6. The van der Waals surface area contributed by atoms with E-state index in [-0.39, 0.29) is 0 Å². The SMILES string of the molecule is Cc1ccc(N)cc1N(N)/N=C\N. The first kappa shape index (κ1) is 9.34. The highest BCUT2D eigenvalue weighted by Gasteiger charge is 2.03. The minimum absolute atomic E-state index is 0.642. The van der Waals surface area contributed by atoms with E-state index >= 15 is 0 Å². The van der Waals surface area contributed by atoms with Crippen LogP contribution < -0.4 is 22.4 Å². The number of benzene rings is 1. The normalized spacial score (nSPS) is 10.6. The molecule has 0 bridgehead atoms. The fourth-order valence-electron chi connectivity index (χ4n) is 1.01. The number of rotatable bonds is 2. The second kappa shape index (κ2) is 3.77. The van der Waals surface area contributed by atoms with Crippen molar-refractivity contribution in [3.63, 3.8) is 0 Å². The minimum Gasteiger partial charge on any atom is -0.399 e. The predicted molar refractivity (Wildman–Crippen MR) is 54.9 cm³/mol. The molecule has 1 aromatic rings. The van der Waals surface area contributed by atoms with Crippen molar-refractivity contribution in [2.45, 2.75) is 6.92 Å². The first-order valence-corrected chi connectivity index (χ1v) is 3.80. The van der Waals surface area contributed by atoms with Crippen LogP contribution >= 0.6 is 0 Å². The van der Waals surface area contributed by atoms with Crippen molar-refractivity contribution in [2.24, 2.45) is 16.7 Å². The van der Waals surface area contributed by atoms with Crippen molar-refractivity contribution in [3.05, 3.63) is 23.8 Å². The number of hydrogen-bond acceptors (Lipinski definition) is 4. The number of hydrazone groups is 1. The Balaban J connectivity index is 3.05. The van der Waals surface area contributed by atoms with Crippen molar-refractivity contribution < 1.29 is 0 Å². The number of nitrogens with zero attached hydrogens (tertiary/aromatic N) is 2. The van der Waals surface area contributed by atoms with Gasteiger partial charge in [0.1, 0.15) is 6.34 Å². The first-order valence-electron chi connectivity index (χ1n) is 3.80. The van der Waals surface area contributed by atoms with Gasteiger partial charge in [-0.15, -0.1) is 5.10 Å². The zero-order chi connectivity index (χ0) is 9.84. The number of nitrogens with two attached hydrogens (primary N) is 3. The molecule has 5 nitrogen and oxygen atoms in total. The molecule has 0 amide bonds. The highest BCUT2D eigenvalue weighted by Crippen LogP contribution is 2.20. The standard InChI is InChI=1S/C8H13N5/c1-6-2-3-7(10)4-8(6)13(11)12-5-9/h2-5H,10-11H2,1H3,(H2,9,12). The van der Waals surface area contributed by atoms with E-state index in [0.717, 1.165) is 17.6 Å². The molecule has 0 heterocycles. The molecule has 0 aliphatic heterocycles. The van der Waals surface area contributed by atoms with E-state index in [1.807, 2.05) is 13.0 Å². The molecule has 0 saturated carbocycles. The third-order valence-electron chi connectivity index (χ3n) is 1.67. The minimum atomic E-state index is 0.642. The number of hydrazine groups is 1. The molecule has 13 heavy (non-hydrogen) atoms. The summed E-state index contributed by atoms with van der Waals surface area (Å²) >= 11 is 0. The molecular weight excluding hydrogens is 166 g/mol. The molecule has 0 atom stereocenters. The summed E-state index contributed by atoms with van der Waals surface area (Å²) in [6.45, 7) is 1.92. The van der Waals surface area contributed by atoms with E-state index in [4.69, 9.17) is 17.3 Å². The maximum absolute atomic E-state index is 5.60. The van der Waals surface area contributed by atoms with Crippen molar-refractivity contribution in [3.8, 4) is 0 Å². The van der Waals surface area contributed by atoms with Crippen LogP contribution in [-0.4, -0.2) is 6.34 Å². The highest BCUT2D eigenvalue weighted by molar-refractivity contribution is 5.62. The Morgan fingerprint density at radius 3 is 2.77 bits per heavy atom. The van der Waals surface area contributed by atoms with Gasteiger partial charge < -0.3 is 11.5 Å². The molecule has 0 aliphatic carbocycles. The predicted octanol–water partition coefficient (Wildman–Crippen LogP) is 0.159. The molecule has 0 fully saturated rings. The molecule has 0 aliphatic rings. The summed E-state index contributed by atoms with van der Waals surface area (Å²) < 4.78 is 0. The van der Waals surface area contributed by atoms with Crippen LogP contribution in [0.4, 0.5) is 11.4 Å². The van der Waals surface area contributed by atoms with Crippen LogP contribution in [0.3, 0.4) is 0 Å². The van der Waals surface area contributed by atoms with Gasteiger partial charge in [-0.05, 0) is 24.6 Å². The topological polar surface area (TPSA) is 93.7 Å².